The quantitative estimate of drug-likeness (QED) is 0.738. The standard InChI is InChI=1S/C21H24N4O3/c1-3-15-12-21(27)25-19(22-15)13-17(23-25)18-5-4-10-24(18)20(26)11-14-6-8-16(28-2)9-7-14/h6-9,12-13,18,23H,3-5,10-11H2,1-2H3/t18-/m0/s1. The largest absolute Gasteiger partial charge is 0.497 e. The highest BCUT2D eigenvalue weighted by molar-refractivity contribution is 5.79. The number of hydrogen-bond donors (Lipinski definition) is 1. The second-order valence-electron chi connectivity index (χ2n) is 7.11. The number of aryl methyl sites for hydroxylation is 1. The zero-order valence-electron chi connectivity index (χ0n) is 16.1. The van der Waals surface area contributed by atoms with Crippen LogP contribution in [-0.2, 0) is 17.6 Å². The number of benzene rings is 1. The molecule has 1 fully saturated rings. The Balaban J connectivity index is 1.57. The van der Waals surface area contributed by atoms with Crippen molar-refractivity contribution in [1.82, 2.24) is 19.5 Å². The number of carbonyl (C=O) groups is 1. The molecule has 0 radical (unpaired) electrons. The van der Waals surface area contributed by atoms with Gasteiger partial charge in [0, 0.05) is 24.4 Å². The van der Waals surface area contributed by atoms with Gasteiger partial charge in [-0.05, 0) is 37.0 Å². The number of nitrogens with one attached hydrogen (secondary N) is 1. The zero-order valence-corrected chi connectivity index (χ0v) is 16.1. The van der Waals surface area contributed by atoms with E-state index in [1.165, 1.54) is 4.52 Å². The van der Waals surface area contributed by atoms with Crippen molar-refractivity contribution in [3.05, 3.63) is 63.7 Å². The Labute approximate surface area is 162 Å². The third-order valence-corrected chi connectivity index (χ3v) is 5.33. The first-order chi connectivity index (χ1) is 13.6. The van der Waals surface area contributed by atoms with Gasteiger partial charge in [0.15, 0.2) is 5.65 Å². The van der Waals surface area contributed by atoms with Gasteiger partial charge in [0.05, 0.1) is 25.3 Å². The van der Waals surface area contributed by atoms with Crippen molar-refractivity contribution < 1.29 is 9.53 Å². The summed E-state index contributed by atoms with van der Waals surface area (Å²) in [5, 5.41) is 3.15. The molecule has 3 aromatic rings. The Kier molecular flexibility index (Phi) is 4.90. The molecule has 0 spiro atoms. The average Bonchev–Trinajstić information content (AvgIpc) is 3.35. The van der Waals surface area contributed by atoms with Crippen LogP contribution < -0.4 is 10.3 Å². The molecular formula is C21H24N4O3. The van der Waals surface area contributed by atoms with Crippen molar-refractivity contribution in [3.63, 3.8) is 0 Å². The molecule has 4 rings (SSSR count). The Morgan fingerprint density at radius 1 is 1.29 bits per heavy atom. The second kappa shape index (κ2) is 7.50. The molecule has 1 atom stereocenters. The Morgan fingerprint density at radius 2 is 2.07 bits per heavy atom. The van der Waals surface area contributed by atoms with E-state index in [1.54, 1.807) is 13.2 Å². The number of aromatic amines is 1. The van der Waals surface area contributed by atoms with Crippen LogP contribution in [0.4, 0.5) is 0 Å². The van der Waals surface area contributed by atoms with Gasteiger partial charge in [0.25, 0.3) is 5.56 Å². The minimum absolute atomic E-state index is 0.0584. The minimum Gasteiger partial charge on any atom is -0.497 e. The van der Waals surface area contributed by atoms with Gasteiger partial charge in [-0.15, -0.1) is 0 Å². The van der Waals surface area contributed by atoms with Crippen LogP contribution in [0, 0.1) is 0 Å². The van der Waals surface area contributed by atoms with Crippen molar-refractivity contribution in [2.45, 2.75) is 38.6 Å². The molecule has 1 N–H and O–H groups in total. The summed E-state index contributed by atoms with van der Waals surface area (Å²) < 4.78 is 6.63. The predicted octanol–water partition coefficient (Wildman–Crippen LogP) is 2.50. The number of ether oxygens (including phenoxy) is 1. The van der Waals surface area contributed by atoms with Gasteiger partial charge in [0.2, 0.25) is 5.91 Å². The topological polar surface area (TPSA) is 79.7 Å². The van der Waals surface area contributed by atoms with E-state index in [0.717, 1.165) is 42.1 Å². The summed E-state index contributed by atoms with van der Waals surface area (Å²) in [6.07, 6.45) is 2.87. The zero-order chi connectivity index (χ0) is 19.7. The summed E-state index contributed by atoms with van der Waals surface area (Å²) in [6.45, 7) is 2.69. The number of fused-ring (bicyclic) bond motifs is 1. The highest BCUT2D eigenvalue weighted by Crippen LogP contribution is 2.32. The fourth-order valence-electron chi connectivity index (χ4n) is 3.82. The van der Waals surface area contributed by atoms with Crippen molar-refractivity contribution in [1.29, 1.82) is 0 Å². The lowest BCUT2D eigenvalue weighted by atomic mass is 10.1. The molecule has 1 aliphatic heterocycles. The summed E-state index contributed by atoms with van der Waals surface area (Å²) in [5.74, 6) is 0.860. The van der Waals surface area contributed by atoms with E-state index in [-0.39, 0.29) is 17.5 Å². The normalized spacial score (nSPS) is 16.6. The number of rotatable bonds is 5. The minimum atomic E-state index is -0.123. The fraction of sp³-hybridized carbons (Fsp3) is 0.381. The van der Waals surface area contributed by atoms with Gasteiger partial charge in [-0.25, -0.2) is 9.50 Å². The smallest absolute Gasteiger partial charge is 0.272 e. The summed E-state index contributed by atoms with van der Waals surface area (Å²) in [4.78, 5) is 31.6. The summed E-state index contributed by atoms with van der Waals surface area (Å²) in [7, 11) is 1.62. The van der Waals surface area contributed by atoms with Gasteiger partial charge in [-0.3, -0.25) is 14.7 Å². The van der Waals surface area contributed by atoms with E-state index >= 15 is 0 Å². The van der Waals surface area contributed by atoms with E-state index in [4.69, 9.17) is 4.74 Å². The molecule has 1 aliphatic rings. The van der Waals surface area contributed by atoms with Crippen molar-refractivity contribution in [2.24, 2.45) is 0 Å². The van der Waals surface area contributed by atoms with Crippen LogP contribution in [0.3, 0.4) is 0 Å². The van der Waals surface area contributed by atoms with Crippen LogP contribution in [0.15, 0.2) is 41.2 Å². The van der Waals surface area contributed by atoms with Gasteiger partial charge in [0.1, 0.15) is 5.75 Å². The molecular weight excluding hydrogens is 356 g/mol. The van der Waals surface area contributed by atoms with Crippen LogP contribution in [0.25, 0.3) is 5.65 Å². The maximum Gasteiger partial charge on any atom is 0.272 e. The molecule has 1 aromatic carbocycles. The molecule has 28 heavy (non-hydrogen) atoms. The Bertz CT molecular complexity index is 1050. The van der Waals surface area contributed by atoms with Crippen LogP contribution in [0.2, 0.25) is 0 Å². The molecule has 0 bridgehead atoms. The first kappa shape index (κ1) is 18.3. The lowest BCUT2D eigenvalue weighted by Gasteiger charge is -2.24. The van der Waals surface area contributed by atoms with E-state index in [9.17, 15) is 9.59 Å². The third-order valence-electron chi connectivity index (χ3n) is 5.33. The summed E-state index contributed by atoms with van der Waals surface area (Å²) in [5.41, 5.74) is 3.07. The molecule has 0 aliphatic carbocycles. The average molecular weight is 380 g/mol. The summed E-state index contributed by atoms with van der Waals surface area (Å²) in [6, 6.07) is 11.0. The van der Waals surface area contributed by atoms with E-state index in [2.05, 4.69) is 10.1 Å². The molecule has 7 heteroatoms. The molecule has 1 saturated heterocycles. The van der Waals surface area contributed by atoms with E-state index in [0.29, 0.717) is 18.5 Å². The van der Waals surface area contributed by atoms with E-state index in [1.807, 2.05) is 42.2 Å². The number of nitrogens with zero attached hydrogens (tertiary/aromatic N) is 3. The number of aromatic nitrogens is 3. The molecule has 2 aromatic heterocycles. The van der Waals surface area contributed by atoms with Crippen molar-refractivity contribution in [2.75, 3.05) is 13.7 Å². The first-order valence-corrected chi connectivity index (χ1v) is 9.63. The lowest BCUT2D eigenvalue weighted by molar-refractivity contribution is -0.131. The molecule has 0 unspecified atom stereocenters. The number of amides is 1. The van der Waals surface area contributed by atoms with Crippen LogP contribution >= 0.6 is 0 Å². The van der Waals surface area contributed by atoms with Crippen LogP contribution in [-0.4, -0.2) is 39.1 Å². The number of likely N-dealkylation sites (tertiary alicyclic amines) is 1. The van der Waals surface area contributed by atoms with Crippen molar-refractivity contribution in [3.8, 4) is 5.75 Å². The molecule has 3 heterocycles. The molecule has 7 nitrogen and oxygen atoms in total. The van der Waals surface area contributed by atoms with Crippen LogP contribution in [0.1, 0.15) is 42.8 Å². The number of H-pyrrole nitrogens is 1. The number of methoxy groups -OCH3 is 1. The Morgan fingerprint density at radius 3 is 2.79 bits per heavy atom. The molecule has 1 amide bonds. The SMILES string of the molecule is CCc1cc(=O)n2[nH]c([C@@H]3CCCN3C(=O)Cc3ccc(OC)cc3)cc2n1. The summed E-state index contributed by atoms with van der Waals surface area (Å²) >= 11 is 0. The monoisotopic (exact) mass is 380 g/mol. The highest BCUT2D eigenvalue weighted by Gasteiger charge is 2.31. The third kappa shape index (κ3) is 3.40. The molecule has 146 valence electrons. The van der Waals surface area contributed by atoms with E-state index < -0.39 is 0 Å². The first-order valence-electron chi connectivity index (χ1n) is 9.63. The second-order valence-corrected chi connectivity index (χ2v) is 7.11. The van der Waals surface area contributed by atoms with Gasteiger partial charge >= 0.3 is 0 Å². The maximum atomic E-state index is 12.9. The highest BCUT2D eigenvalue weighted by atomic mass is 16.5. The van der Waals surface area contributed by atoms with Crippen LogP contribution in [0.5, 0.6) is 5.75 Å². The number of carbonyl (C=O) groups excluding carboxylic acids is 1. The van der Waals surface area contributed by atoms with Gasteiger partial charge in [-0.1, -0.05) is 19.1 Å². The Hall–Kier alpha value is -3.09. The van der Waals surface area contributed by atoms with Gasteiger partial charge < -0.3 is 9.64 Å². The van der Waals surface area contributed by atoms with Crippen molar-refractivity contribution >= 4 is 11.6 Å². The molecule has 0 saturated carbocycles. The fourth-order valence-corrected chi connectivity index (χ4v) is 3.82. The lowest BCUT2D eigenvalue weighted by Crippen LogP contribution is -2.32. The number of hydrogen-bond acceptors (Lipinski definition) is 4. The predicted molar refractivity (Wildman–Crippen MR) is 106 cm³/mol. The van der Waals surface area contributed by atoms with Gasteiger partial charge in [-0.2, -0.15) is 0 Å². The maximum absolute atomic E-state index is 12.9.